The molecule has 206 valence electrons. The van der Waals surface area contributed by atoms with Crippen molar-refractivity contribution in [1.29, 1.82) is 0 Å². The van der Waals surface area contributed by atoms with Gasteiger partial charge in [-0.05, 0) is 24.7 Å². The van der Waals surface area contributed by atoms with Crippen molar-refractivity contribution in [2.24, 2.45) is 39.8 Å². The van der Waals surface area contributed by atoms with Crippen LogP contribution in [0.15, 0.2) is 4.99 Å². The molecule has 0 aliphatic heterocycles. The van der Waals surface area contributed by atoms with E-state index in [9.17, 15) is 29.1 Å². The number of guanidine groups is 1. The van der Waals surface area contributed by atoms with Crippen LogP contribution < -0.4 is 38.9 Å². The molecule has 0 bridgehead atoms. The number of aliphatic carboxylic acids is 1. The molecule has 0 aromatic carbocycles. The Morgan fingerprint density at radius 2 is 1.39 bits per heavy atom. The predicted octanol–water partition coefficient (Wildman–Crippen LogP) is -2.13. The Hall–Kier alpha value is -3.42. The van der Waals surface area contributed by atoms with Gasteiger partial charge in [-0.1, -0.05) is 40.5 Å². The molecule has 0 aromatic heterocycles. The molecule has 0 spiro atoms. The van der Waals surface area contributed by atoms with Crippen LogP contribution in [0.4, 0.5) is 0 Å². The van der Waals surface area contributed by atoms with Crippen molar-refractivity contribution < 1.29 is 29.1 Å². The van der Waals surface area contributed by atoms with E-state index in [4.69, 9.17) is 22.9 Å². The van der Waals surface area contributed by atoms with E-state index >= 15 is 0 Å². The van der Waals surface area contributed by atoms with Gasteiger partial charge in [0.2, 0.25) is 23.6 Å². The van der Waals surface area contributed by atoms with Crippen molar-refractivity contribution >= 4 is 35.6 Å². The van der Waals surface area contributed by atoms with E-state index in [1.54, 1.807) is 13.8 Å². The van der Waals surface area contributed by atoms with Crippen LogP contribution in [0, 0.1) is 11.8 Å². The Kier molecular flexibility index (Phi) is 14.7. The zero-order valence-corrected chi connectivity index (χ0v) is 21.5. The highest BCUT2D eigenvalue weighted by molar-refractivity contribution is 5.95. The third-order valence-corrected chi connectivity index (χ3v) is 5.95. The van der Waals surface area contributed by atoms with E-state index in [1.807, 2.05) is 13.8 Å². The summed E-state index contributed by atoms with van der Waals surface area (Å²) in [5.41, 5.74) is 21.7. The number of aliphatic imine (C=N–C) groups is 1. The summed E-state index contributed by atoms with van der Waals surface area (Å²) in [6.07, 6.45) is 0.998. The van der Waals surface area contributed by atoms with Crippen LogP contribution in [0.2, 0.25) is 0 Å². The second-order valence-electron chi connectivity index (χ2n) is 8.86. The van der Waals surface area contributed by atoms with Gasteiger partial charge >= 0.3 is 5.97 Å². The number of hydrogen-bond acceptors (Lipinski definition) is 7. The van der Waals surface area contributed by atoms with Gasteiger partial charge in [-0.25, -0.2) is 4.79 Å². The lowest BCUT2D eigenvalue weighted by Crippen LogP contribution is -2.59. The summed E-state index contributed by atoms with van der Waals surface area (Å²) in [5, 5.41) is 16.8. The van der Waals surface area contributed by atoms with Crippen molar-refractivity contribution in [2.45, 2.75) is 84.0 Å². The number of carboxylic acid groups (broad SMARTS) is 1. The molecular weight excluding hydrogens is 472 g/mol. The molecule has 0 saturated carbocycles. The highest BCUT2D eigenvalue weighted by Gasteiger charge is 2.33. The van der Waals surface area contributed by atoms with Crippen LogP contribution >= 0.6 is 0 Å². The number of hydrogen-bond donors (Lipinski definition) is 8. The van der Waals surface area contributed by atoms with E-state index in [0.717, 1.165) is 0 Å². The molecule has 4 amide bonds. The minimum absolute atomic E-state index is 0.115. The van der Waals surface area contributed by atoms with Crippen molar-refractivity contribution in [3.63, 3.8) is 0 Å². The Balaban J connectivity index is 5.72. The molecule has 0 aliphatic carbocycles. The summed E-state index contributed by atoms with van der Waals surface area (Å²) in [7, 11) is 0. The fourth-order valence-corrected chi connectivity index (χ4v) is 3.17. The van der Waals surface area contributed by atoms with Crippen molar-refractivity contribution in [1.82, 2.24) is 16.0 Å². The van der Waals surface area contributed by atoms with Gasteiger partial charge < -0.3 is 44.0 Å². The van der Waals surface area contributed by atoms with Gasteiger partial charge in [0, 0.05) is 6.54 Å². The van der Waals surface area contributed by atoms with Crippen LogP contribution in [0.5, 0.6) is 0 Å². The molecule has 0 fully saturated rings. The normalized spacial score (nSPS) is 15.8. The van der Waals surface area contributed by atoms with Gasteiger partial charge in [-0.2, -0.15) is 0 Å². The number of carbonyl (C=O) groups is 5. The molecule has 0 rings (SSSR count). The van der Waals surface area contributed by atoms with Crippen molar-refractivity contribution in [3.8, 4) is 0 Å². The molecular formula is C22H42N8O6. The van der Waals surface area contributed by atoms with Gasteiger partial charge in [-0.3, -0.25) is 24.2 Å². The van der Waals surface area contributed by atoms with Crippen LogP contribution in [0.25, 0.3) is 0 Å². The second kappa shape index (κ2) is 16.3. The van der Waals surface area contributed by atoms with Crippen LogP contribution in [0.3, 0.4) is 0 Å². The van der Waals surface area contributed by atoms with Gasteiger partial charge in [0.05, 0.1) is 12.5 Å². The van der Waals surface area contributed by atoms with Crippen LogP contribution in [-0.4, -0.2) is 71.4 Å². The minimum atomic E-state index is -1.55. The summed E-state index contributed by atoms with van der Waals surface area (Å²) in [6.45, 7) is 7.39. The summed E-state index contributed by atoms with van der Waals surface area (Å²) in [6, 6.07) is -4.59. The lowest BCUT2D eigenvalue weighted by Gasteiger charge is -2.28. The smallest absolute Gasteiger partial charge is 0.326 e. The molecule has 0 aromatic rings. The minimum Gasteiger partial charge on any atom is -0.480 e. The SMILES string of the molecule is CCC(C)C(N)C(=O)NC(CCCN=C(N)N)C(=O)NC(C(=O)NC(CC(N)=O)C(=O)O)C(C)CC. The summed E-state index contributed by atoms with van der Waals surface area (Å²) in [4.78, 5) is 65.2. The molecule has 6 atom stereocenters. The van der Waals surface area contributed by atoms with Gasteiger partial charge in [0.15, 0.2) is 5.96 Å². The number of amides is 4. The maximum atomic E-state index is 13.2. The number of carbonyl (C=O) groups excluding carboxylic acids is 4. The molecule has 14 heteroatoms. The van der Waals surface area contributed by atoms with Crippen molar-refractivity contribution in [2.75, 3.05) is 6.54 Å². The molecule has 36 heavy (non-hydrogen) atoms. The number of rotatable bonds is 17. The molecule has 0 aliphatic rings. The average Bonchev–Trinajstić information content (AvgIpc) is 2.81. The molecule has 0 heterocycles. The van der Waals surface area contributed by atoms with Crippen LogP contribution in [0.1, 0.15) is 59.8 Å². The molecule has 12 N–H and O–H groups in total. The highest BCUT2D eigenvalue weighted by atomic mass is 16.4. The maximum absolute atomic E-state index is 13.2. The Morgan fingerprint density at radius 1 is 0.833 bits per heavy atom. The van der Waals surface area contributed by atoms with E-state index in [0.29, 0.717) is 19.3 Å². The third-order valence-electron chi connectivity index (χ3n) is 5.95. The fourth-order valence-electron chi connectivity index (χ4n) is 3.17. The first-order valence-electron chi connectivity index (χ1n) is 12.0. The first-order valence-corrected chi connectivity index (χ1v) is 12.0. The van der Waals surface area contributed by atoms with Gasteiger partial charge in [0.1, 0.15) is 18.1 Å². The highest BCUT2D eigenvalue weighted by Crippen LogP contribution is 2.11. The fraction of sp³-hybridized carbons (Fsp3) is 0.727. The van der Waals surface area contributed by atoms with Gasteiger partial charge in [-0.15, -0.1) is 0 Å². The van der Waals surface area contributed by atoms with E-state index in [-0.39, 0.29) is 24.8 Å². The number of nitrogens with two attached hydrogens (primary N) is 4. The quantitative estimate of drug-likeness (QED) is 0.0598. The largest absolute Gasteiger partial charge is 0.480 e. The lowest BCUT2D eigenvalue weighted by molar-refractivity contribution is -0.144. The van der Waals surface area contributed by atoms with Crippen LogP contribution in [-0.2, 0) is 24.0 Å². The molecule has 0 radical (unpaired) electrons. The van der Waals surface area contributed by atoms with Crippen molar-refractivity contribution in [3.05, 3.63) is 0 Å². The van der Waals surface area contributed by atoms with E-state index in [2.05, 4.69) is 20.9 Å². The maximum Gasteiger partial charge on any atom is 0.326 e. The third kappa shape index (κ3) is 11.8. The molecule has 14 nitrogen and oxygen atoms in total. The zero-order valence-electron chi connectivity index (χ0n) is 21.5. The topological polar surface area (TPSA) is 258 Å². The lowest BCUT2D eigenvalue weighted by atomic mass is 9.96. The summed E-state index contributed by atoms with van der Waals surface area (Å²) in [5.74, 6) is -4.99. The summed E-state index contributed by atoms with van der Waals surface area (Å²) < 4.78 is 0. The summed E-state index contributed by atoms with van der Waals surface area (Å²) >= 11 is 0. The zero-order chi connectivity index (χ0) is 28.0. The average molecular weight is 515 g/mol. The Labute approximate surface area is 211 Å². The first-order chi connectivity index (χ1) is 16.7. The molecule has 0 saturated heterocycles. The molecule has 6 unspecified atom stereocenters. The Morgan fingerprint density at radius 3 is 1.86 bits per heavy atom. The predicted molar refractivity (Wildman–Crippen MR) is 134 cm³/mol. The number of carboxylic acids is 1. The number of primary amides is 1. The Bertz CT molecular complexity index is 801. The standard InChI is InChI=1S/C22H42N8O6/c1-5-11(3)16(24)19(33)28-13(8-7-9-27-22(25)26)18(32)30-17(12(4)6-2)20(34)29-14(21(35)36)10-15(23)31/h11-14,16-17H,5-10,24H2,1-4H3,(H2,23,31)(H,28,33)(H,29,34)(H,30,32)(H,35,36)(H4,25,26,27). The number of nitrogens with zero attached hydrogens (tertiary/aromatic N) is 1. The second-order valence-corrected chi connectivity index (χ2v) is 8.86. The number of nitrogens with one attached hydrogen (secondary N) is 3. The van der Waals surface area contributed by atoms with Gasteiger partial charge in [0.25, 0.3) is 0 Å². The monoisotopic (exact) mass is 514 g/mol. The van der Waals surface area contributed by atoms with E-state index in [1.165, 1.54) is 0 Å². The first kappa shape index (κ1) is 32.6. The van der Waals surface area contributed by atoms with E-state index < -0.39 is 66.1 Å².